The van der Waals surface area contributed by atoms with Crippen molar-refractivity contribution in [2.45, 2.75) is 76.7 Å². The van der Waals surface area contributed by atoms with Gasteiger partial charge in [0.05, 0.1) is 11.6 Å². The fourth-order valence-electron chi connectivity index (χ4n) is 7.91. The number of benzene rings is 2. The number of halogens is 1. The van der Waals surface area contributed by atoms with Gasteiger partial charge >= 0.3 is 0 Å². The molecule has 1 radical (unpaired) electrons. The first-order chi connectivity index (χ1) is 22.1. The maximum atomic E-state index is 16.6. The van der Waals surface area contributed by atoms with E-state index in [1.54, 1.807) is 20.7 Å². The van der Waals surface area contributed by atoms with Crippen LogP contribution in [0.5, 0.6) is 5.75 Å². The predicted octanol–water partition coefficient (Wildman–Crippen LogP) is 7.28. The van der Waals surface area contributed by atoms with Crippen LogP contribution in [0, 0.1) is 17.3 Å². The number of carbonyl (C=O) groups excluding carboxylic acids is 1. The highest BCUT2D eigenvalue weighted by Gasteiger charge is 2.47. The average Bonchev–Trinajstić information content (AvgIpc) is 3.57. The van der Waals surface area contributed by atoms with E-state index in [-0.39, 0.29) is 18.5 Å². The van der Waals surface area contributed by atoms with E-state index in [0.717, 1.165) is 47.0 Å². The number of carbonyl (C=O) groups is 1. The third-order valence-corrected chi connectivity index (χ3v) is 17.3. The number of hydrogen-bond donors (Lipinski definition) is 0. The van der Waals surface area contributed by atoms with E-state index in [4.69, 9.17) is 14.5 Å². The smallest absolute Gasteiger partial charge is 0.293 e. The van der Waals surface area contributed by atoms with Crippen molar-refractivity contribution in [1.29, 1.82) is 0 Å². The van der Waals surface area contributed by atoms with Crippen LogP contribution in [0.2, 0.25) is 16.6 Å². The summed E-state index contributed by atoms with van der Waals surface area (Å²) < 4.78 is 32.3. The summed E-state index contributed by atoms with van der Waals surface area (Å²) >= 11 is 1.31. The Hall–Kier alpha value is -3.30. The SMILES string of the molecule is COCOc1cc(-c2ncc3c(N4C[C@@H]5[C@H]4CCN5[B]C=O)snc3c2F)c2c(C#C[Si](C(C)C)(C(C)C)C(C)C)cccc2c1. The summed E-state index contributed by atoms with van der Waals surface area (Å²) in [6, 6.07) is 10.4. The monoisotopic (exact) mass is 655 g/mol. The number of fused-ring (bicyclic) bond motifs is 3. The van der Waals surface area contributed by atoms with Crippen molar-refractivity contribution in [2.24, 2.45) is 0 Å². The van der Waals surface area contributed by atoms with E-state index in [2.05, 4.69) is 67.1 Å². The minimum Gasteiger partial charge on any atom is -0.468 e. The Kier molecular flexibility index (Phi) is 9.27. The highest BCUT2D eigenvalue weighted by molar-refractivity contribution is 7.11. The Balaban J connectivity index is 1.47. The van der Waals surface area contributed by atoms with E-state index < -0.39 is 13.9 Å². The molecule has 11 heteroatoms. The van der Waals surface area contributed by atoms with Gasteiger partial charge in [-0.15, -0.1) is 5.54 Å². The summed E-state index contributed by atoms with van der Waals surface area (Å²) in [6.07, 6.45) is 3.55. The number of hydrogen-bond acceptors (Lipinski definition) is 8. The fourth-order valence-corrected chi connectivity index (χ4v) is 14.0. The van der Waals surface area contributed by atoms with Gasteiger partial charge < -0.3 is 24.0 Å². The van der Waals surface area contributed by atoms with Gasteiger partial charge in [0, 0.05) is 48.4 Å². The summed E-state index contributed by atoms with van der Waals surface area (Å²) in [4.78, 5) is 20.2. The summed E-state index contributed by atoms with van der Waals surface area (Å²) in [5.41, 5.74) is 7.32. The molecule has 2 aromatic carbocycles. The molecule has 0 unspecified atom stereocenters. The lowest BCUT2D eigenvalue weighted by molar-refractivity contribution is 0.0512. The van der Waals surface area contributed by atoms with Crippen molar-refractivity contribution in [3.05, 3.63) is 47.9 Å². The van der Waals surface area contributed by atoms with Crippen LogP contribution in [0.4, 0.5) is 9.39 Å². The third kappa shape index (κ3) is 5.43. The van der Waals surface area contributed by atoms with E-state index >= 15 is 4.39 Å². The molecule has 0 amide bonds. The van der Waals surface area contributed by atoms with Crippen LogP contribution in [-0.2, 0) is 9.53 Å². The molecule has 0 N–H and O–H groups in total. The number of pyridine rings is 1. The molecule has 2 aromatic heterocycles. The van der Waals surface area contributed by atoms with Gasteiger partial charge in [-0.3, -0.25) is 4.98 Å². The topological polar surface area (TPSA) is 67.8 Å². The van der Waals surface area contributed by atoms with E-state index in [1.807, 2.05) is 30.3 Å². The molecule has 4 heterocycles. The fraction of sp³-hybridized carbons (Fsp3) is 0.457. The second kappa shape index (κ2) is 13.1. The van der Waals surface area contributed by atoms with Gasteiger partial charge in [0.2, 0.25) is 0 Å². The van der Waals surface area contributed by atoms with Crippen LogP contribution in [0.25, 0.3) is 32.9 Å². The lowest BCUT2D eigenvalue weighted by atomic mass is 9.89. The molecule has 46 heavy (non-hydrogen) atoms. The molecule has 0 spiro atoms. The Labute approximate surface area is 276 Å². The lowest BCUT2D eigenvalue weighted by Crippen LogP contribution is -2.62. The molecule has 2 atom stereocenters. The quantitative estimate of drug-likeness (QED) is 0.0771. The Morgan fingerprint density at radius 1 is 1.15 bits per heavy atom. The van der Waals surface area contributed by atoms with Gasteiger partial charge in [0.25, 0.3) is 7.41 Å². The predicted molar refractivity (Wildman–Crippen MR) is 189 cm³/mol. The second-order valence-electron chi connectivity index (χ2n) is 13.3. The average molecular weight is 656 g/mol. The second-order valence-corrected chi connectivity index (χ2v) is 19.7. The molecule has 239 valence electrons. The normalized spacial score (nSPS) is 18.3. The summed E-state index contributed by atoms with van der Waals surface area (Å²) in [5.74, 6) is 3.73. The van der Waals surface area contributed by atoms with Crippen molar-refractivity contribution in [3.8, 4) is 28.5 Å². The van der Waals surface area contributed by atoms with Gasteiger partial charge in [-0.05, 0) is 64.7 Å². The molecule has 2 fully saturated rings. The summed E-state index contributed by atoms with van der Waals surface area (Å²) in [7, 11) is 1.18. The van der Waals surface area contributed by atoms with Crippen molar-refractivity contribution in [2.75, 3.05) is 31.9 Å². The third-order valence-electron chi connectivity index (χ3n) is 10.1. The van der Waals surface area contributed by atoms with Gasteiger partial charge in [0.15, 0.2) is 12.6 Å². The Morgan fingerprint density at radius 2 is 1.91 bits per heavy atom. The first-order valence-corrected chi connectivity index (χ1v) is 19.1. The van der Waals surface area contributed by atoms with E-state index in [1.165, 1.54) is 11.5 Å². The number of nitrogens with zero attached hydrogens (tertiary/aromatic N) is 4. The maximum Gasteiger partial charge on any atom is 0.293 e. The van der Waals surface area contributed by atoms with Gasteiger partial charge in [0.1, 0.15) is 30.0 Å². The van der Waals surface area contributed by atoms with E-state index in [9.17, 15) is 4.79 Å². The van der Waals surface area contributed by atoms with Gasteiger partial charge in [-0.2, -0.15) is 4.37 Å². The molecule has 7 nitrogen and oxygen atoms in total. The van der Waals surface area contributed by atoms with Gasteiger partial charge in [-0.1, -0.05) is 59.6 Å². The highest BCUT2D eigenvalue weighted by atomic mass is 32.1. The van der Waals surface area contributed by atoms with Crippen LogP contribution in [0.1, 0.15) is 53.5 Å². The Bertz CT molecular complexity index is 1820. The number of methoxy groups -OCH3 is 1. The first kappa shape index (κ1) is 32.6. The molecule has 0 aliphatic carbocycles. The van der Waals surface area contributed by atoms with Crippen molar-refractivity contribution in [1.82, 2.24) is 14.2 Å². The highest BCUT2D eigenvalue weighted by Crippen LogP contribution is 2.44. The maximum absolute atomic E-state index is 16.6. The number of rotatable bonds is 10. The first-order valence-electron chi connectivity index (χ1n) is 16.1. The van der Waals surface area contributed by atoms with Crippen molar-refractivity contribution in [3.63, 3.8) is 0 Å². The largest absolute Gasteiger partial charge is 0.468 e. The number of anilines is 1. The zero-order valence-electron chi connectivity index (χ0n) is 27.6. The lowest BCUT2D eigenvalue weighted by Gasteiger charge is -2.47. The minimum absolute atomic E-state index is 0.0696. The zero-order chi connectivity index (χ0) is 32.7. The Morgan fingerprint density at radius 3 is 2.61 bits per heavy atom. The molecule has 6 rings (SSSR count). The molecule has 2 aliphatic heterocycles. The molecule has 2 saturated heterocycles. The van der Waals surface area contributed by atoms with Crippen LogP contribution in [-0.4, -0.2) is 74.9 Å². The molecular formula is C35H41BFN4O3SSi. The van der Waals surface area contributed by atoms with Crippen LogP contribution in [0.3, 0.4) is 0 Å². The van der Waals surface area contributed by atoms with Crippen LogP contribution in [0.15, 0.2) is 36.5 Å². The molecule has 4 aromatic rings. The molecule has 2 aliphatic rings. The van der Waals surface area contributed by atoms with Crippen LogP contribution >= 0.6 is 11.5 Å². The summed E-state index contributed by atoms with van der Waals surface area (Å²) in [5, 5.41) is 3.38. The van der Waals surface area contributed by atoms with Crippen molar-refractivity contribution >= 4 is 59.9 Å². The van der Waals surface area contributed by atoms with Crippen LogP contribution < -0.4 is 9.64 Å². The van der Waals surface area contributed by atoms with Crippen molar-refractivity contribution < 1.29 is 18.7 Å². The summed E-state index contributed by atoms with van der Waals surface area (Å²) in [6.45, 7) is 15.5. The van der Waals surface area contributed by atoms with E-state index in [0.29, 0.717) is 44.9 Å². The molecule has 0 saturated carbocycles. The molecular weight excluding hydrogens is 614 g/mol. The molecule has 0 bridgehead atoms. The number of ether oxygens (including phenoxy) is 2. The minimum atomic E-state index is -2.02. The van der Waals surface area contributed by atoms with Gasteiger partial charge in [-0.25, -0.2) is 4.39 Å². The zero-order valence-corrected chi connectivity index (χ0v) is 29.5. The standard InChI is InChI=1S/C35H41BFN4O3SSi/c1-21(2)46(22(3)4,23(5)6)14-12-24-9-8-10-25-15-26(44-20-43-7)16-27(31(24)25)33-32(37)34-28(17-38-33)35(45-39-34)40-18-30-29(40)11-13-41(30)36-19-42/h8-10,15-17,19,21-23,29-30H,11,13,18,20H2,1-7H3/t29-,30-/m1/s1. The number of aromatic nitrogens is 2.